The number of aliphatic hydroxyl groups excluding tert-OH is 1. The summed E-state index contributed by atoms with van der Waals surface area (Å²) in [6, 6.07) is 12.2. The Morgan fingerprint density at radius 2 is 2.00 bits per heavy atom. The number of amides is 1. The minimum atomic E-state index is -0.492. The number of carbonyl (C=O) groups excluding carboxylic acids is 1. The number of hydrogen-bond acceptors (Lipinski definition) is 4. The van der Waals surface area contributed by atoms with Gasteiger partial charge in [-0.2, -0.15) is 0 Å². The highest BCUT2D eigenvalue weighted by atomic mass is 16.3. The number of likely N-dealkylation sites (tertiary alicyclic amines) is 1. The first-order valence-electron chi connectivity index (χ1n) is 9.28. The van der Waals surface area contributed by atoms with Crippen LogP contribution in [-0.4, -0.2) is 47.1 Å². The summed E-state index contributed by atoms with van der Waals surface area (Å²) in [5, 5.41) is 11.4. The molecule has 1 aromatic carbocycles. The topological polar surface area (TPSA) is 56.9 Å². The number of nitrogens with zero attached hydrogens (tertiary/aromatic N) is 2. The number of rotatable bonds is 3. The molecule has 1 amide bonds. The van der Waals surface area contributed by atoms with Gasteiger partial charge >= 0.3 is 0 Å². The van der Waals surface area contributed by atoms with E-state index in [0.29, 0.717) is 19.6 Å². The summed E-state index contributed by atoms with van der Waals surface area (Å²) in [4.78, 5) is 15.8. The molecule has 26 heavy (non-hydrogen) atoms. The lowest BCUT2D eigenvalue weighted by atomic mass is 9.72. The van der Waals surface area contributed by atoms with E-state index in [2.05, 4.69) is 23.1 Å². The highest BCUT2D eigenvalue weighted by Gasteiger charge is 2.53. The van der Waals surface area contributed by atoms with Crippen LogP contribution in [0.3, 0.4) is 0 Å². The number of piperidine rings is 1. The Morgan fingerprint density at radius 1 is 1.27 bits per heavy atom. The number of furan rings is 1. The van der Waals surface area contributed by atoms with Crippen LogP contribution in [0.5, 0.6) is 0 Å². The molecule has 5 nitrogen and oxygen atoms in total. The fourth-order valence-electron chi connectivity index (χ4n) is 4.85. The first-order chi connectivity index (χ1) is 12.5. The van der Waals surface area contributed by atoms with Gasteiger partial charge in [0.1, 0.15) is 5.76 Å². The third-order valence-corrected chi connectivity index (χ3v) is 6.24. The Bertz CT molecular complexity index is 778. The van der Waals surface area contributed by atoms with Crippen LogP contribution >= 0.6 is 0 Å². The lowest BCUT2D eigenvalue weighted by molar-refractivity contribution is -0.131. The molecule has 0 unspecified atom stereocenters. The van der Waals surface area contributed by atoms with Gasteiger partial charge in [0.15, 0.2) is 0 Å². The van der Waals surface area contributed by atoms with Gasteiger partial charge in [-0.05, 0) is 43.1 Å². The molecular weight excluding hydrogens is 328 g/mol. The largest absolute Gasteiger partial charge is 0.468 e. The van der Waals surface area contributed by atoms with Crippen molar-refractivity contribution in [1.29, 1.82) is 0 Å². The molecule has 1 aromatic heterocycles. The molecule has 4 rings (SSSR count). The van der Waals surface area contributed by atoms with Gasteiger partial charge in [-0.15, -0.1) is 0 Å². The minimum absolute atomic E-state index is 0.0693. The van der Waals surface area contributed by atoms with Crippen LogP contribution in [0, 0.1) is 0 Å². The van der Waals surface area contributed by atoms with E-state index < -0.39 is 6.10 Å². The summed E-state index contributed by atoms with van der Waals surface area (Å²) in [6.07, 6.45) is 2.79. The van der Waals surface area contributed by atoms with E-state index in [1.54, 1.807) is 13.2 Å². The average Bonchev–Trinajstić information content (AvgIpc) is 3.22. The second-order valence-electron chi connectivity index (χ2n) is 7.63. The molecule has 1 aliphatic carbocycles. The van der Waals surface area contributed by atoms with E-state index >= 15 is 0 Å². The monoisotopic (exact) mass is 354 g/mol. The lowest BCUT2D eigenvalue weighted by Crippen LogP contribution is -2.50. The molecule has 0 bridgehead atoms. The Morgan fingerprint density at radius 3 is 2.65 bits per heavy atom. The van der Waals surface area contributed by atoms with Crippen LogP contribution in [-0.2, 0) is 16.8 Å². The molecule has 1 N–H and O–H groups in total. The molecule has 2 aliphatic rings. The number of fused-ring (bicyclic) bond motifs is 2. The molecule has 2 aromatic rings. The van der Waals surface area contributed by atoms with E-state index in [9.17, 15) is 9.90 Å². The van der Waals surface area contributed by atoms with Gasteiger partial charge in [0, 0.05) is 25.4 Å². The molecule has 2 atom stereocenters. The maximum Gasteiger partial charge on any atom is 0.219 e. The van der Waals surface area contributed by atoms with Crippen molar-refractivity contribution in [2.24, 2.45) is 0 Å². The van der Waals surface area contributed by atoms with Gasteiger partial charge < -0.3 is 14.4 Å². The predicted molar refractivity (Wildman–Crippen MR) is 98.5 cm³/mol. The highest BCUT2D eigenvalue weighted by molar-refractivity contribution is 5.73. The number of aliphatic hydroxyl groups is 1. The molecule has 1 aliphatic heterocycles. The van der Waals surface area contributed by atoms with Crippen molar-refractivity contribution < 1.29 is 14.3 Å². The molecule has 5 heteroatoms. The number of hydrogen-bond donors (Lipinski definition) is 1. The van der Waals surface area contributed by atoms with Crippen molar-refractivity contribution in [3.63, 3.8) is 0 Å². The second kappa shape index (κ2) is 6.56. The molecule has 1 spiro atoms. The Kier molecular flexibility index (Phi) is 4.37. The first-order valence-corrected chi connectivity index (χ1v) is 9.28. The second-order valence-corrected chi connectivity index (χ2v) is 7.63. The van der Waals surface area contributed by atoms with Crippen LogP contribution in [0.4, 0.5) is 0 Å². The maximum atomic E-state index is 11.7. The van der Waals surface area contributed by atoms with Gasteiger partial charge in [0.2, 0.25) is 5.91 Å². The zero-order valence-corrected chi connectivity index (χ0v) is 15.4. The summed E-state index contributed by atoms with van der Waals surface area (Å²) in [6.45, 7) is 3.68. The number of benzene rings is 1. The highest BCUT2D eigenvalue weighted by Crippen LogP contribution is 2.52. The van der Waals surface area contributed by atoms with E-state index in [0.717, 1.165) is 18.6 Å². The standard InChI is InChI=1S/C21H26N2O3/c1-15(24)23-11-9-21(10-12-23)18-8-4-3-7-17(18)19(20(21)25)22(2)14-16-6-5-13-26-16/h3-8,13,19-20,25H,9-12,14H2,1-2H3/t19-,20+/m1/s1. The van der Waals surface area contributed by atoms with Crippen molar-refractivity contribution in [3.8, 4) is 0 Å². The maximum absolute atomic E-state index is 11.7. The lowest BCUT2D eigenvalue weighted by Gasteiger charge is -2.43. The Hall–Kier alpha value is -2.11. The van der Waals surface area contributed by atoms with Crippen molar-refractivity contribution in [1.82, 2.24) is 9.80 Å². The van der Waals surface area contributed by atoms with Crippen LogP contribution in [0.1, 0.15) is 42.7 Å². The first kappa shape index (κ1) is 17.3. The summed E-state index contributed by atoms with van der Waals surface area (Å²) in [5.74, 6) is 1.01. The molecule has 0 saturated carbocycles. The number of likely N-dealkylation sites (N-methyl/N-ethyl adjacent to an activating group) is 1. The molecule has 1 fully saturated rings. The summed E-state index contributed by atoms with van der Waals surface area (Å²) < 4.78 is 5.50. The smallest absolute Gasteiger partial charge is 0.219 e. The molecule has 1 saturated heterocycles. The quantitative estimate of drug-likeness (QED) is 0.921. The van der Waals surface area contributed by atoms with Crippen molar-refractivity contribution in [3.05, 3.63) is 59.5 Å². The fourth-order valence-corrected chi connectivity index (χ4v) is 4.85. The predicted octanol–water partition coefficient (Wildman–Crippen LogP) is 2.71. The van der Waals surface area contributed by atoms with E-state index in [1.165, 1.54) is 11.1 Å². The minimum Gasteiger partial charge on any atom is -0.468 e. The van der Waals surface area contributed by atoms with Gasteiger partial charge in [-0.3, -0.25) is 9.69 Å². The summed E-state index contributed by atoms with van der Waals surface area (Å²) >= 11 is 0. The van der Waals surface area contributed by atoms with Crippen molar-refractivity contribution in [2.75, 3.05) is 20.1 Å². The van der Waals surface area contributed by atoms with E-state index in [4.69, 9.17) is 4.42 Å². The van der Waals surface area contributed by atoms with Gasteiger partial charge in [-0.1, -0.05) is 24.3 Å². The van der Waals surface area contributed by atoms with Crippen LogP contribution in [0.2, 0.25) is 0 Å². The SMILES string of the molecule is CC(=O)N1CCC2(CC1)c1ccccc1[C@@H](N(C)Cc1ccco1)[C@@H]2O. The number of carbonyl (C=O) groups is 1. The van der Waals surface area contributed by atoms with Crippen molar-refractivity contribution in [2.45, 2.75) is 43.9 Å². The molecule has 2 heterocycles. The van der Waals surface area contributed by atoms with Crippen LogP contribution < -0.4 is 0 Å². The van der Waals surface area contributed by atoms with E-state index in [1.807, 2.05) is 30.1 Å². The third-order valence-electron chi connectivity index (χ3n) is 6.24. The Balaban J connectivity index is 1.65. The van der Waals surface area contributed by atoms with Gasteiger partial charge in [-0.25, -0.2) is 0 Å². The molecule has 138 valence electrons. The third kappa shape index (κ3) is 2.66. The fraction of sp³-hybridized carbons (Fsp3) is 0.476. The van der Waals surface area contributed by atoms with Crippen LogP contribution in [0.15, 0.2) is 47.1 Å². The average molecular weight is 354 g/mol. The zero-order chi connectivity index (χ0) is 18.3. The normalized spacial score (nSPS) is 24.2. The van der Waals surface area contributed by atoms with Gasteiger partial charge in [0.05, 0.1) is 25.0 Å². The molecule has 0 radical (unpaired) electrons. The van der Waals surface area contributed by atoms with Gasteiger partial charge in [0.25, 0.3) is 0 Å². The summed E-state index contributed by atoms with van der Waals surface area (Å²) in [5.41, 5.74) is 2.17. The van der Waals surface area contributed by atoms with Crippen LogP contribution in [0.25, 0.3) is 0 Å². The summed E-state index contributed by atoms with van der Waals surface area (Å²) in [7, 11) is 2.04. The zero-order valence-electron chi connectivity index (χ0n) is 15.4. The molecular formula is C21H26N2O3. The van der Waals surface area contributed by atoms with Crippen molar-refractivity contribution >= 4 is 5.91 Å². The van der Waals surface area contributed by atoms with E-state index in [-0.39, 0.29) is 17.4 Å². The Labute approximate surface area is 154 Å².